The predicted molar refractivity (Wildman–Crippen MR) is 241 cm³/mol. The van der Waals surface area contributed by atoms with E-state index in [9.17, 15) is 14.6 Å². The first-order valence-corrected chi connectivity index (χ1v) is 23.9. The van der Waals surface area contributed by atoms with Gasteiger partial charge in [-0.2, -0.15) is 10.2 Å². The molecule has 1 unspecified atom stereocenters. The molecule has 0 bridgehead atoms. The molecule has 3 aliphatic rings. The van der Waals surface area contributed by atoms with Gasteiger partial charge in [0, 0.05) is 74.5 Å². The number of nitrogens with zero attached hydrogens (tertiary/aromatic N) is 8. The molecule has 1 saturated heterocycles. The maximum absolute atomic E-state index is 15.2. The zero-order valence-electron chi connectivity index (χ0n) is 36.6. The highest BCUT2D eigenvalue weighted by Gasteiger charge is 2.54. The second kappa shape index (κ2) is 16.0. The largest absolute Gasteiger partial charge is 0.409 e. The summed E-state index contributed by atoms with van der Waals surface area (Å²) in [5.41, 5.74) is 12.0. The second-order valence-electron chi connectivity index (χ2n) is 17.2. The number of amidine groups is 1. The van der Waals surface area contributed by atoms with E-state index in [1.807, 2.05) is 51.2 Å². The molecule has 17 heteroatoms. The van der Waals surface area contributed by atoms with Crippen LogP contribution >= 0.6 is 7.14 Å². The quantitative estimate of drug-likeness (QED) is 0.0419. The lowest BCUT2D eigenvalue weighted by molar-refractivity contribution is 0.0675. The topological polar surface area (TPSA) is 179 Å². The number of aromatic nitrogens is 6. The van der Waals surface area contributed by atoms with Crippen molar-refractivity contribution in [1.29, 1.82) is 0 Å². The number of halogens is 1. The van der Waals surface area contributed by atoms with Gasteiger partial charge in [0.05, 0.1) is 51.5 Å². The number of benzene rings is 2. The van der Waals surface area contributed by atoms with Gasteiger partial charge in [0.2, 0.25) is 0 Å². The van der Waals surface area contributed by atoms with Crippen molar-refractivity contribution in [1.82, 2.24) is 33.4 Å². The van der Waals surface area contributed by atoms with Gasteiger partial charge in [-0.1, -0.05) is 19.0 Å². The SMILES string of the molecule is CCP(=O)(CC)c1ccc(-n2ccn(-c3c4c(nn3-c3cc(C)c(F)c(C)c3)CCN(C(=O)c3cc5cc(C6CCOCC6)cnn5c3C3(C(N)=NO)CC3)C4C)c2=O)cc1NC. The van der Waals surface area contributed by atoms with E-state index >= 15 is 9.18 Å². The Morgan fingerprint density at radius 3 is 2.40 bits per heavy atom. The number of carbonyl (C=O) groups excluding carboxylic acids is 1. The Morgan fingerprint density at radius 2 is 1.75 bits per heavy atom. The Morgan fingerprint density at radius 1 is 1.05 bits per heavy atom. The van der Waals surface area contributed by atoms with E-state index < -0.39 is 24.3 Å². The van der Waals surface area contributed by atoms with Crippen LogP contribution in [0.1, 0.15) is 102 Å². The minimum Gasteiger partial charge on any atom is -0.409 e. The molecule has 6 aromatic rings. The van der Waals surface area contributed by atoms with Crippen LogP contribution < -0.4 is 22.0 Å². The molecule has 1 aliphatic carbocycles. The monoisotopic (exact) mass is 876 g/mol. The van der Waals surface area contributed by atoms with Crippen molar-refractivity contribution in [3.05, 3.63) is 117 Å². The van der Waals surface area contributed by atoms with Crippen molar-refractivity contribution in [2.24, 2.45) is 10.9 Å². The fourth-order valence-electron chi connectivity index (χ4n) is 9.86. The summed E-state index contributed by atoms with van der Waals surface area (Å²) in [6.45, 7) is 10.9. The van der Waals surface area contributed by atoms with E-state index in [0.717, 1.165) is 29.2 Å². The minimum absolute atomic E-state index is 0.0272. The van der Waals surface area contributed by atoms with Gasteiger partial charge >= 0.3 is 5.69 Å². The minimum atomic E-state index is -2.65. The van der Waals surface area contributed by atoms with Gasteiger partial charge in [0.15, 0.2) is 5.84 Å². The second-order valence-corrected chi connectivity index (χ2v) is 20.7. The lowest BCUT2D eigenvalue weighted by Crippen LogP contribution is -2.40. The first-order valence-electron chi connectivity index (χ1n) is 21.8. The molecule has 1 atom stereocenters. The summed E-state index contributed by atoms with van der Waals surface area (Å²) in [5.74, 6) is 0.151. The van der Waals surface area contributed by atoms with Crippen LogP contribution in [0.3, 0.4) is 0 Å². The molecule has 6 heterocycles. The van der Waals surface area contributed by atoms with Crippen LogP contribution in [0.2, 0.25) is 0 Å². The number of ether oxygens (including phenoxy) is 1. The van der Waals surface area contributed by atoms with E-state index in [2.05, 4.69) is 16.5 Å². The summed E-state index contributed by atoms with van der Waals surface area (Å²) < 4.78 is 41.0. The number of amides is 1. The number of anilines is 1. The fourth-order valence-corrected chi connectivity index (χ4v) is 12.0. The van der Waals surface area contributed by atoms with Crippen LogP contribution in [-0.4, -0.2) is 89.5 Å². The van der Waals surface area contributed by atoms with Crippen molar-refractivity contribution in [2.45, 2.75) is 84.1 Å². The molecule has 9 rings (SSSR count). The fraction of sp³-hybridized carbons (Fsp3) is 0.413. The first kappa shape index (κ1) is 42.3. The predicted octanol–water partition coefficient (Wildman–Crippen LogP) is 6.72. The molecule has 2 fully saturated rings. The smallest absolute Gasteiger partial charge is 0.338 e. The Labute approximate surface area is 364 Å². The Kier molecular flexibility index (Phi) is 10.7. The summed E-state index contributed by atoms with van der Waals surface area (Å²) in [7, 11) is -0.869. The number of imidazole rings is 1. The number of nitrogens with two attached hydrogens (primary N) is 1. The first-order chi connectivity index (χ1) is 30.3. The third-order valence-corrected chi connectivity index (χ3v) is 17.0. The van der Waals surface area contributed by atoms with Gasteiger partial charge in [0.25, 0.3) is 5.91 Å². The van der Waals surface area contributed by atoms with Crippen molar-refractivity contribution >= 4 is 35.4 Å². The van der Waals surface area contributed by atoms with Gasteiger partial charge in [-0.3, -0.25) is 13.9 Å². The summed E-state index contributed by atoms with van der Waals surface area (Å²) in [6.07, 6.45) is 9.55. The average molecular weight is 877 g/mol. The Bertz CT molecular complexity index is 2900. The number of oxime groups is 1. The van der Waals surface area contributed by atoms with Crippen molar-refractivity contribution in [2.75, 3.05) is 44.4 Å². The zero-order chi connectivity index (χ0) is 44.5. The van der Waals surface area contributed by atoms with E-state index in [-0.39, 0.29) is 23.5 Å². The van der Waals surface area contributed by atoms with Crippen molar-refractivity contribution in [3.8, 4) is 17.2 Å². The van der Waals surface area contributed by atoms with Crippen LogP contribution in [0.5, 0.6) is 0 Å². The Hall–Kier alpha value is -5.99. The zero-order valence-corrected chi connectivity index (χ0v) is 37.5. The molecule has 4 N–H and O–H groups in total. The summed E-state index contributed by atoms with van der Waals surface area (Å²) in [5, 5.41) is 27.3. The highest BCUT2D eigenvalue weighted by molar-refractivity contribution is 7.71. The van der Waals surface area contributed by atoms with Gasteiger partial charge in [-0.25, -0.2) is 18.4 Å². The molecule has 0 spiro atoms. The number of hydrogen-bond donors (Lipinski definition) is 3. The van der Waals surface area contributed by atoms with Crippen LogP contribution in [0, 0.1) is 19.7 Å². The number of rotatable bonds is 11. The average Bonchev–Trinajstić information content (AvgIpc) is 3.66. The summed E-state index contributed by atoms with van der Waals surface area (Å²) >= 11 is 0. The van der Waals surface area contributed by atoms with Crippen LogP contribution in [0.25, 0.3) is 22.7 Å². The normalized spacial score (nSPS) is 17.9. The van der Waals surface area contributed by atoms with Crippen LogP contribution in [0.15, 0.2) is 71.0 Å². The Balaban J connectivity index is 1.17. The maximum atomic E-state index is 15.2. The summed E-state index contributed by atoms with van der Waals surface area (Å²) in [4.78, 5) is 31.8. The summed E-state index contributed by atoms with van der Waals surface area (Å²) in [6, 6.07) is 12.3. The van der Waals surface area contributed by atoms with Gasteiger partial charge in [-0.05, 0) is 112 Å². The number of aryl methyl sites for hydroxylation is 2. The standard InChI is InChI=1S/C46H54FN10O5P/c1-7-63(61,8-2)38-10-9-32(25-37(38)49-6)54-17-18-55(45(54)59)42-39-29(5)53(16-11-36(39)51-57(42)33-21-27(3)40(47)28(4)22-33)43(58)35-24-34-23-31(30-12-19-62-20-13-30)26-50-56(34)41(35)46(14-15-46)44(48)52-60/h9-10,17-18,21-26,29-30,49,60H,7-8,11-16,19-20H2,1-6H3,(H2,48,52). The molecule has 330 valence electrons. The maximum Gasteiger partial charge on any atom is 0.338 e. The molecule has 15 nitrogen and oxygen atoms in total. The van der Waals surface area contributed by atoms with E-state index in [0.29, 0.717) is 108 Å². The highest BCUT2D eigenvalue weighted by Crippen LogP contribution is 2.51. The lowest BCUT2D eigenvalue weighted by atomic mass is 9.93. The van der Waals surface area contributed by atoms with Crippen molar-refractivity contribution in [3.63, 3.8) is 0 Å². The molecule has 1 saturated carbocycles. The molecule has 4 aromatic heterocycles. The van der Waals surface area contributed by atoms with Crippen molar-refractivity contribution < 1.29 is 23.7 Å². The molecule has 1 amide bonds. The van der Waals surface area contributed by atoms with Gasteiger partial charge in [-0.15, -0.1) is 0 Å². The van der Waals surface area contributed by atoms with Crippen LogP contribution in [0.4, 0.5) is 10.1 Å². The number of nitrogens with one attached hydrogen (secondary N) is 1. The third-order valence-electron chi connectivity index (χ3n) is 13.7. The molecule has 2 aromatic carbocycles. The lowest BCUT2D eigenvalue weighted by Gasteiger charge is -2.34. The molecule has 0 radical (unpaired) electrons. The van der Waals surface area contributed by atoms with E-state index in [4.69, 9.17) is 20.7 Å². The van der Waals surface area contributed by atoms with Gasteiger partial charge < -0.3 is 30.5 Å². The third kappa shape index (κ3) is 6.80. The molecular weight excluding hydrogens is 823 g/mol. The van der Waals surface area contributed by atoms with E-state index in [1.165, 1.54) is 9.13 Å². The highest BCUT2D eigenvalue weighted by atomic mass is 31.2. The molecular formula is C46H54FN10O5P. The number of fused-ring (bicyclic) bond motifs is 2. The van der Waals surface area contributed by atoms with Gasteiger partial charge in [0.1, 0.15) is 18.8 Å². The van der Waals surface area contributed by atoms with E-state index in [1.54, 1.807) is 59.5 Å². The number of hydrogen-bond acceptors (Lipinski definition) is 9. The molecule has 2 aliphatic heterocycles. The molecule has 63 heavy (non-hydrogen) atoms. The van der Waals surface area contributed by atoms with Crippen LogP contribution in [-0.2, 0) is 21.1 Å². The number of carbonyl (C=O) groups is 1.